The Bertz CT molecular complexity index is 395. The molecule has 1 aromatic carbocycles. The van der Waals surface area contributed by atoms with E-state index < -0.39 is 5.97 Å². The molecule has 0 aliphatic carbocycles. The van der Waals surface area contributed by atoms with Crippen LogP contribution >= 0.6 is 11.8 Å². The Morgan fingerprint density at radius 2 is 1.83 bits per heavy atom. The van der Waals surface area contributed by atoms with Crippen LogP contribution in [0.4, 0.5) is 5.69 Å². The van der Waals surface area contributed by atoms with Crippen LogP contribution < -0.4 is 61.8 Å². The minimum absolute atomic E-state index is 0. The van der Waals surface area contributed by atoms with E-state index in [1.165, 1.54) is 0 Å². The summed E-state index contributed by atoms with van der Waals surface area (Å²) in [7, 11) is 0. The molecular weight excluding hydrogens is 277 g/mol. The van der Waals surface area contributed by atoms with E-state index in [1.54, 1.807) is 11.8 Å². The first-order chi connectivity index (χ1) is 8.11. The normalized spacial score (nSPS) is 9.39. The topological polar surface area (TPSA) is 69.2 Å². The molecule has 1 amide bonds. The van der Waals surface area contributed by atoms with Gasteiger partial charge in [-0.25, -0.2) is 0 Å². The number of rotatable bonds is 6. The Balaban J connectivity index is 0.00000289. The fourth-order valence-electron chi connectivity index (χ4n) is 1.29. The van der Waals surface area contributed by atoms with E-state index in [4.69, 9.17) is 0 Å². The molecule has 0 aliphatic heterocycles. The quantitative estimate of drug-likeness (QED) is 0.500. The van der Waals surface area contributed by atoms with Gasteiger partial charge in [-0.2, -0.15) is 0 Å². The zero-order valence-corrected chi connectivity index (χ0v) is 14.5. The van der Waals surface area contributed by atoms with Gasteiger partial charge in [-0.05, 0) is 43.4 Å². The number of hydrogen-bond donors (Lipinski definition) is 1. The Labute approximate surface area is 153 Å². The third kappa shape index (κ3) is 7.55. The number of anilines is 1. The van der Waals surface area contributed by atoms with Crippen molar-refractivity contribution in [1.29, 1.82) is 0 Å². The molecule has 0 saturated carbocycles. The summed E-state index contributed by atoms with van der Waals surface area (Å²) in [6, 6.07) is 7.48. The third-order valence-corrected chi connectivity index (χ3v) is 2.90. The van der Waals surface area contributed by atoms with E-state index in [0.29, 0.717) is 6.42 Å². The molecule has 0 fully saturated rings. The number of nitrogens with one attached hydrogen (secondary N) is 1. The van der Waals surface area contributed by atoms with Crippen molar-refractivity contribution in [3.8, 4) is 0 Å². The Morgan fingerprint density at radius 3 is 2.33 bits per heavy atom. The summed E-state index contributed by atoms with van der Waals surface area (Å²) in [5, 5.41) is 12.9. The minimum atomic E-state index is -1.12. The standard InChI is InChI=1S/C12H15NO3S.K/c1-17-10-7-5-9(6-8-10)13-11(14)3-2-4-12(15)16;/h5-8H,2-4H2,1H3,(H,13,14)(H,15,16);/q;+1/p-1. The Morgan fingerprint density at radius 1 is 1.22 bits per heavy atom. The SMILES string of the molecule is CSc1ccc(NC(=O)CCCC(=O)[O-])cc1.[K+]. The first-order valence-electron chi connectivity index (χ1n) is 5.25. The van der Waals surface area contributed by atoms with Crippen LogP contribution in [0.3, 0.4) is 0 Å². The molecule has 0 aliphatic rings. The number of carboxylic acids is 1. The van der Waals surface area contributed by atoms with Crippen molar-refractivity contribution in [1.82, 2.24) is 0 Å². The van der Waals surface area contributed by atoms with Crippen molar-refractivity contribution < 1.29 is 66.1 Å². The summed E-state index contributed by atoms with van der Waals surface area (Å²) in [5.74, 6) is -1.30. The summed E-state index contributed by atoms with van der Waals surface area (Å²) < 4.78 is 0. The molecule has 0 saturated heterocycles. The fraction of sp³-hybridized carbons (Fsp3) is 0.333. The molecule has 0 unspecified atom stereocenters. The Kier molecular flexibility index (Phi) is 10.1. The predicted octanol–water partition coefficient (Wildman–Crippen LogP) is -1.73. The van der Waals surface area contributed by atoms with Gasteiger partial charge in [-0.3, -0.25) is 4.79 Å². The first-order valence-corrected chi connectivity index (χ1v) is 6.48. The van der Waals surface area contributed by atoms with Crippen LogP contribution in [0.2, 0.25) is 0 Å². The maximum atomic E-state index is 11.4. The van der Waals surface area contributed by atoms with E-state index in [0.717, 1.165) is 10.6 Å². The van der Waals surface area contributed by atoms with Crippen LogP contribution in [0.1, 0.15) is 19.3 Å². The predicted molar refractivity (Wildman–Crippen MR) is 65.7 cm³/mol. The molecule has 6 heteroatoms. The van der Waals surface area contributed by atoms with E-state index in [9.17, 15) is 14.7 Å². The smallest absolute Gasteiger partial charge is 0.550 e. The number of amides is 1. The zero-order chi connectivity index (χ0) is 12.7. The number of carboxylic acid groups (broad SMARTS) is 1. The van der Waals surface area contributed by atoms with Gasteiger partial charge in [0.1, 0.15) is 0 Å². The number of carbonyl (C=O) groups excluding carboxylic acids is 2. The van der Waals surface area contributed by atoms with Crippen LogP contribution in [-0.4, -0.2) is 18.1 Å². The summed E-state index contributed by atoms with van der Waals surface area (Å²) in [4.78, 5) is 22.7. The Hall–Kier alpha value is 0.146. The van der Waals surface area contributed by atoms with Crippen LogP contribution in [0.25, 0.3) is 0 Å². The van der Waals surface area contributed by atoms with Crippen molar-refractivity contribution in [2.75, 3.05) is 11.6 Å². The minimum Gasteiger partial charge on any atom is -0.550 e. The van der Waals surface area contributed by atoms with Crippen molar-refractivity contribution in [2.24, 2.45) is 0 Å². The van der Waals surface area contributed by atoms with Crippen LogP contribution in [0.15, 0.2) is 29.2 Å². The molecule has 4 nitrogen and oxygen atoms in total. The van der Waals surface area contributed by atoms with Crippen molar-refractivity contribution in [2.45, 2.75) is 24.2 Å². The molecule has 18 heavy (non-hydrogen) atoms. The van der Waals surface area contributed by atoms with Crippen molar-refractivity contribution in [3.05, 3.63) is 24.3 Å². The molecule has 0 spiro atoms. The number of carbonyl (C=O) groups is 2. The molecule has 0 bridgehead atoms. The van der Waals surface area contributed by atoms with Gasteiger partial charge < -0.3 is 15.2 Å². The second-order valence-corrected chi connectivity index (χ2v) is 4.38. The second kappa shape index (κ2) is 10.00. The summed E-state index contributed by atoms with van der Waals surface area (Å²) in [5.41, 5.74) is 0.723. The van der Waals surface area contributed by atoms with Gasteiger partial charge in [0.15, 0.2) is 0 Å². The first kappa shape index (κ1) is 18.1. The fourth-order valence-corrected chi connectivity index (χ4v) is 1.70. The molecule has 0 heterocycles. The van der Waals surface area contributed by atoms with Crippen LogP contribution in [0.5, 0.6) is 0 Å². The van der Waals surface area contributed by atoms with Gasteiger partial charge in [0, 0.05) is 23.0 Å². The van der Waals surface area contributed by atoms with Gasteiger partial charge in [0.25, 0.3) is 0 Å². The average Bonchev–Trinajstić information content (AvgIpc) is 2.29. The van der Waals surface area contributed by atoms with E-state index >= 15 is 0 Å². The van der Waals surface area contributed by atoms with Crippen LogP contribution in [0, 0.1) is 0 Å². The molecule has 1 rings (SSSR count). The van der Waals surface area contributed by atoms with Crippen LogP contribution in [-0.2, 0) is 9.59 Å². The molecule has 0 aromatic heterocycles. The summed E-state index contributed by atoms with van der Waals surface area (Å²) in [6.45, 7) is 0. The van der Waals surface area contributed by atoms with Crippen molar-refractivity contribution in [3.63, 3.8) is 0 Å². The van der Waals surface area contributed by atoms with Gasteiger partial charge in [-0.15, -0.1) is 11.8 Å². The van der Waals surface area contributed by atoms with Crippen molar-refractivity contribution >= 4 is 29.3 Å². The third-order valence-electron chi connectivity index (χ3n) is 2.16. The maximum Gasteiger partial charge on any atom is 1.00 e. The number of hydrogen-bond acceptors (Lipinski definition) is 4. The van der Waals surface area contributed by atoms with E-state index in [-0.39, 0.29) is 70.1 Å². The molecule has 0 radical (unpaired) electrons. The average molecular weight is 291 g/mol. The second-order valence-electron chi connectivity index (χ2n) is 3.50. The number of aliphatic carboxylic acids is 1. The molecule has 1 aromatic rings. The van der Waals surface area contributed by atoms with Gasteiger partial charge >= 0.3 is 51.4 Å². The zero-order valence-electron chi connectivity index (χ0n) is 10.6. The summed E-state index contributed by atoms with van der Waals surface area (Å²) in [6.07, 6.45) is 2.39. The van der Waals surface area contributed by atoms with E-state index in [1.807, 2.05) is 30.5 Å². The monoisotopic (exact) mass is 291 g/mol. The van der Waals surface area contributed by atoms with Gasteiger partial charge in [-0.1, -0.05) is 0 Å². The summed E-state index contributed by atoms with van der Waals surface area (Å²) >= 11 is 1.63. The largest absolute Gasteiger partial charge is 1.00 e. The number of benzene rings is 1. The molecular formula is C12H14KNO3S. The maximum absolute atomic E-state index is 11.4. The molecule has 92 valence electrons. The molecule has 0 atom stereocenters. The number of thioether (sulfide) groups is 1. The van der Waals surface area contributed by atoms with E-state index in [2.05, 4.69) is 5.32 Å². The van der Waals surface area contributed by atoms with Gasteiger partial charge in [0.05, 0.1) is 0 Å². The van der Waals surface area contributed by atoms with Gasteiger partial charge in [0.2, 0.25) is 5.91 Å². The molecule has 1 N–H and O–H groups in total.